The first kappa shape index (κ1) is 41.3. The van der Waals surface area contributed by atoms with E-state index >= 15 is 0 Å². The molecular weight excluding hydrogens is 735 g/mol. The summed E-state index contributed by atoms with van der Waals surface area (Å²) in [6, 6.07) is 41.1. The lowest BCUT2D eigenvalue weighted by Crippen LogP contribution is -2.45. The largest absolute Gasteiger partial charge is 0.461 e. The van der Waals surface area contributed by atoms with Gasteiger partial charge in [-0.05, 0) is 40.8 Å². The second kappa shape index (κ2) is 21.8. The van der Waals surface area contributed by atoms with Gasteiger partial charge in [0.25, 0.3) is 5.91 Å². The maximum absolute atomic E-state index is 14.6. The minimum Gasteiger partial charge on any atom is -0.461 e. The maximum atomic E-state index is 14.6. The zero-order valence-corrected chi connectivity index (χ0v) is 31.5. The van der Waals surface area contributed by atoms with Crippen LogP contribution in [0.15, 0.2) is 152 Å². The van der Waals surface area contributed by atoms with Crippen molar-refractivity contribution in [3.63, 3.8) is 0 Å². The molecule has 0 aliphatic carbocycles. The van der Waals surface area contributed by atoms with Crippen molar-refractivity contribution < 1.29 is 47.0 Å². The number of carbonyl (C=O) groups is 4. The number of carbonyl (C=O) groups excluding carboxylic acids is 4. The predicted molar refractivity (Wildman–Crippen MR) is 207 cm³/mol. The van der Waals surface area contributed by atoms with E-state index < -0.39 is 50.3 Å². The van der Waals surface area contributed by atoms with Crippen molar-refractivity contribution >= 4 is 31.6 Å². The van der Waals surface area contributed by atoms with Crippen LogP contribution in [0.1, 0.15) is 45.5 Å². The van der Waals surface area contributed by atoms with Gasteiger partial charge in [-0.15, -0.1) is 0 Å². The fourth-order valence-corrected chi connectivity index (χ4v) is 6.68. The smallest absolute Gasteiger partial charge is 0.406 e. The second-order valence-corrected chi connectivity index (χ2v) is 14.3. The molecule has 0 aromatic heterocycles. The van der Waals surface area contributed by atoms with Crippen LogP contribution in [0.5, 0.6) is 0 Å². The van der Waals surface area contributed by atoms with Gasteiger partial charge < -0.3 is 19.5 Å². The first-order valence-electron chi connectivity index (χ1n) is 17.9. The molecule has 3 atom stereocenters. The Morgan fingerprint density at radius 2 is 0.911 bits per heavy atom. The van der Waals surface area contributed by atoms with Gasteiger partial charge in [0.2, 0.25) is 0 Å². The summed E-state index contributed by atoms with van der Waals surface area (Å²) in [5, 5.41) is 5.27. The first-order chi connectivity index (χ1) is 27.3. The number of ether oxygens (including phenoxy) is 3. The minimum atomic E-state index is -4.56. The average molecular weight is 779 g/mol. The van der Waals surface area contributed by atoms with E-state index in [2.05, 4.69) is 10.4 Å². The molecule has 5 aromatic rings. The van der Waals surface area contributed by atoms with E-state index in [4.69, 9.17) is 23.3 Å². The molecule has 290 valence electrons. The molecular formula is C43H43N2O10P. The molecule has 0 aliphatic rings. The van der Waals surface area contributed by atoms with Crippen molar-refractivity contribution in [1.29, 1.82) is 0 Å². The van der Waals surface area contributed by atoms with Crippen LogP contribution in [0.4, 0.5) is 0 Å². The highest BCUT2D eigenvalue weighted by Crippen LogP contribution is 2.46. The highest BCUT2D eigenvalue weighted by Gasteiger charge is 2.36. The number of hydrogen-bond donors (Lipinski definition) is 2. The minimum absolute atomic E-state index is 0.0223. The standard InChI is InChI=1S/C43H43N2O10P/c46-40(51-28-33-16-6-1-7-17-33)27-26-38(42(48)52-29-34-18-8-2-9-19-34)45-56(50,54-31-36-22-12-4-13-23-36)55-32-39(44-41(47)37-24-14-5-15-25-37)43(49)53-30-35-20-10-3-11-21-35/h1-25,38-39H,26-32H2,(H,44,47)(H,45,50)/t38-,39?,56?/m0/s1. The Bertz CT molecular complexity index is 2020. The average Bonchev–Trinajstić information content (AvgIpc) is 3.25. The van der Waals surface area contributed by atoms with Gasteiger partial charge in [0.05, 0.1) is 13.2 Å². The lowest BCUT2D eigenvalue weighted by atomic mass is 10.1. The van der Waals surface area contributed by atoms with Crippen molar-refractivity contribution in [2.45, 2.75) is 51.4 Å². The molecule has 0 heterocycles. The van der Waals surface area contributed by atoms with Crippen molar-refractivity contribution in [2.24, 2.45) is 0 Å². The number of hydrogen-bond acceptors (Lipinski definition) is 10. The number of amides is 1. The van der Waals surface area contributed by atoms with E-state index in [1.165, 1.54) is 0 Å². The van der Waals surface area contributed by atoms with Gasteiger partial charge in [-0.3, -0.25) is 23.4 Å². The van der Waals surface area contributed by atoms with E-state index in [9.17, 15) is 23.7 Å². The molecule has 5 rings (SSSR count). The molecule has 0 radical (unpaired) electrons. The first-order valence-corrected chi connectivity index (χ1v) is 19.5. The normalized spacial score (nSPS) is 13.0. The van der Waals surface area contributed by atoms with Gasteiger partial charge in [-0.25, -0.2) is 14.4 Å². The number of esters is 3. The van der Waals surface area contributed by atoms with E-state index in [0.29, 0.717) is 16.7 Å². The van der Waals surface area contributed by atoms with Crippen molar-refractivity contribution in [3.8, 4) is 0 Å². The van der Waals surface area contributed by atoms with Crippen molar-refractivity contribution in [2.75, 3.05) is 6.61 Å². The Kier molecular flexibility index (Phi) is 16.1. The van der Waals surface area contributed by atoms with Crippen LogP contribution in [0.3, 0.4) is 0 Å². The Hall–Kier alpha value is -5.91. The van der Waals surface area contributed by atoms with Gasteiger partial charge in [-0.1, -0.05) is 140 Å². The molecule has 2 N–H and O–H groups in total. The summed E-state index contributed by atoms with van der Waals surface area (Å²) in [7, 11) is -4.56. The zero-order valence-electron chi connectivity index (χ0n) is 30.6. The van der Waals surface area contributed by atoms with Crippen LogP contribution in [0.2, 0.25) is 0 Å². The molecule has 0 fully saturated rings. The topological polar surface area (TPSA) is 156 Å². The molecule has 56 heavy (non-hydrogen) atoms. The molecule has 2 unspecified atom stereocenters. The van der Waals surface area contributed by atoms with E-state index in [1.807, 2.05) is 42.5 Å². The molecule has 13 heteroatoms. The van der Waals surface area contributed by atoms with E-state index in [0.717, 1.165) is 5.56 Å². The third-order valence-corrected chi connectivity index (χ3v) is 9.79. The number of nitrogens with one attached hydrogen (secondary N) is 2. The predicted octanol–water partition coefficient (Wildman–Crippen LogP) is 7.10. The highest BCUT2D eigenvalue weighted by molar-refractivity contribution is 7.51. The van der Waals surface area contributed by atoms with Gasteiger partial charge in [-0.2, -0.15) is 0 Å². The Morgan fingerprint density at radius 3 is 1.39 bits per heavy atom. The lowest BCUT2D eigenvalue weighted by Gasteiger charge is -2.26. The van der Waals surface area contributed by atoms with Crippen LogP contribution < -0.4 is 10.4 Å². The summed E-state index contributed by atoms with van der Waals surface area (Å²) in [4.78, 5) is 53.2. The molecule has 0 bridgehead atoms. The summed E-state index contributed by atoms with van der Waals surface area (Å²) < 4.78 is 42.9. The van der Waals surface area contributed by atoms with Gasteiger partial charge >= 0.3 is 25.7 Å². The molecule has 0 saturated carbocycles. The summed E-state index contributed by atoms with van der Waals surface area (Å²) in [5.74, 6) is -2.93. The van der Waals surface area contributed by atoms with E-state index in [1.54, 1.807) is 109 Å². The highest BCUT2D eigenvalue weighted by atomic mass is 31.2. The maximum Gasteiger partial charge on any atom is 0.406 e. The molecule has 0 aliphatic heterocycles. The quantitative estimate of drug-likeness (QED) is 0.0446. The Balaban J connectivity index is 1.35. The Labute approximate surface area is 325 Å². The van der Waals surface area contributed by atoms with Crippen molar-refractivity contribution in [1.82, 2.24) is 10.4 Å². The fourth-order valence-electron chi connectivity index (χ4n) is 5.17. The zero-order chi connectivity index (χ0) is 39.4. The van der Waals surface area contributed by atoms with Crippen LogP contribution in [-0.2, 0) is 68.6 Å². The summed E-state index contributed by atoms with van der Waals surface area (Å²) in [6.45, 7) is -1.10. The van der Waals surface area contributed by atoms with Gasteiger partial charge in [0.15, 0.2) is 6.04 Å². The van der Waals surface area contributed by atoms with Crippen molar-refractivity contribution in [3.05, 3.63) is 179 Å². The van der Waals surface area contributed by atoms with Gasteiger partial charge in [0.1, 0.15) is 25.9 Å². The van der Waals surface area contributed by atoms with E-state index in [-0.39, 0.29) is 44.8 Å². The van der Waals surface area contributed by atoms with Gasteiger partial charge in [0, 0.05) is 12.0 Å². The number of benzene rings is 5. The van der Waals surface area contributed by atoms with Crippen LogP contribution in [0.25, 0.3) is 0 Å². The second-order valence-electron chi connectivity index (χ2n) is 12.5. The lowest BCUT2D eigenvalue weighted by molar-refractivity contribution is -0.150. The SMILES string of the molecule is O=C(CC[C@H](NP(=O)(OCc1ccccc1)OCC(NC(=O)c1ccccc1)C(=O)OCc1ccccc1)C(=O)OCc1ccccc1)OCc1ccccc1. The Morgan fingerprint density at radius 1 is 0.500 bits per heavy atom. The molecule has 0 saturated heterocycles. The summed E-state index contributed by atoms with van der Waals surface area (Å²) in [5.41, 5.74) is 3.07. The third-order valence-electron chi connectivity index (χ3n) is 8.21. The summed E-state index contributed by atoms with van der Waals surface area (Å²) in [6.07, 6.45) is -0.470. The van der Waals surface area contributed by atoms with Crippen LogP contribution in [-0.4, -0.2) is 42.5 Å². The third kappa shape index (κ3) is 14.1. The molecule has 12 nitrogen and oxygen atoms in total. The monoisotopic (exact) mass is 778 g/mol. The molecule has 0 spiro atoms. The number of rotatable bonds is 21. The fraction of sp³-hybridized carbons (Fsp3) is 0.209. The van der Waals surface area contributed by atoms with Crippen LogP contribution in [0, 0.1) is 0 Å². The van der Waals surface area contributed by atoms with Crippen LogP contribution >= 0.6 is 7.75 Å². The summed E-state index contributed by atoms with van der Waals surface area (Å²) >= 11 is 0. The molecule has 5 aromatic carbocycles. The molecule has 1 amide bonds.